The quantitative estimate of drug-likeness (QED) is 0.177. The maximum atomic E-state index is 11.6. The van der Waals surface area contributed by atoms with Crippen molar-refractivity contribution in [2.45, 2.75) is 26.7 Å². The number of methoxy groups -OCH3 is 1. The molecule has 8 heteroatoms. The molecule has 2 heterocycles. The van der Waals surface area contributed by atoms with Gasteiger partial charge in [-0.3, -0.25) is 10.1 Å². The highest BCUT2D eigenvalue weighted by Crippen LogP contribution is 2.30. The molecule has 0 spiro atoms. The number of benzene rings is 1. The molecule has 3 aromatic rings. The van der Waals surface area contributed by atoms with Crippen LogP contribution in [-0.2, 0) is 9.53 Å². The minimum atomic E-state index is -0.462. The molecule has 0 aliphatic carbocycles. The first-order chi connectivity index (χ1) is 14.4. The van der Waals surface area contributed by atoms with Gasteiger partial charge >= 0.3 is 5.97 Å². The Hall–Kier alpha value is -3.68. The van der Waals surface area contributed by atoms with Gasteiger partial charge in [0.15, 0.2) is 0 Å². The average molecular weight is 409 g/mol. The summed E-state index contributed by atoms with van der Waals surface area (Å²) in [4.78, 5) is 26.6. The number of nitro benzene ring substituents is 1. The van der Waals surface area contributed by atoms with Gasteiger partial charge in [-0.25, -0.2) is 9.78 Å². The van der Waals surface area contributed by atoms with Gasteiger partial charge in [0.2, 0.25) is 5.88 Å². The van der Waals surface area contributed by atoms with Gasteiger partial charge in [-0.2, -0.15) is 0 Å². The minimum absolute atomic E-state index is 0.0308. The Bertz CT molecular complexity index is 1120. The Kier molecular flexibility index (Phi) is 6.46. The van der Waals surface area contributed by atoms with Crippen molar-refractivity contribution in [3.8, 4) is 11.6 Å². The van der Waals surface area contributed by atoms with Crippen LogP contribution in [0, 0.1) is 17.0 Å². The van der Waals surface area contributed by atoms with Crippen LogP contribution in [0.2, 0.25) is 0 Å². The third kappa shape index (κ3) is 4.48. The lowest BCUT2D eigenvalue weighted by Gasteiger charge is -2.09. The first kappa shape index (κ1) is 21.0. The van der Waals surface area contributed by atoms with Crippen molar-refractivity contribution in [2.75, 3.05) is 13.7 Å². The predicted octanol–water partition coefficient (Wildman–Crippen LogP) is 4.61. The first-order valence-electron chi connectivity index (χ1n) is 9.60. The van der Waals surface area contributed by atoms with E-state index >= 15 is 0 Å². The fraction of sp³-hybridized carbons (Fsp3) is 0.273. The number of carbonyl (C=O) groups is 1. The number of non-ortho nitro benzene ring substituents is 1. The summed E-state index contributed by atoms with van der Waals surface area (Å²) >= 11 is 0. The molecule has 0 unspecified atom stereocenters. The molecular weight excluding hydrogens is 386 g/mol. The lowest BCUT2D eigenvalue weighted by molar-refractivity contribution is -0.384. The van der Waals surface area contributed by atoms with Crippen molar-refractivity contribution in [3.63, 3.8) is 0 Å². The average Bonchev–Trinajstić information content (AvgIpc) is 3.09. The van der Waals surface area contributed by atoms with Gasteiger partial charge in [-0.1, -0.05) is 13.3 Å². The molecule has 3 rings (SSSR count). The van der Waals surface area contributed by atoms with Crippen LogP contribution in [0.4, 0.5) is 5.69 Å². The SMILES string of the molecule is CCCCOc1cc2c(/C=C/C(=O)OC)cn(-c3ccc([N+](=O)[O-])cc3C)c2cn1. The van der Waals surface area contributed by atoms with E-state index in [0.29, 0.717) is 12.5 Å². The molecular formula is C22H23N3O5. The number of carbonyl (C=O) groups excluding carboxylic acids is 1. The van der Waals surface area contributed by atoms with Gasteiger partial charge in [-0.15, -0.1) is 0 Å². The number of aromatic nitrogens is 2. The summed E-state index contributed by atoms with van der Waals surface area (Å²) in [5.41, 5.74) is 3.12. The Morgan fingerprint density at radius 2 is 2.13 bits per heavy atom. The van der Waals surface area contributed by atoms with Gasteiger partial charge in [0, 0.05) is 47.1 Å². The van der Waals surface area contributed by atoms with Gasteiger partial charge in [0.1, 0.15) is 0 Å². The molecule has 0 saturated heterocycles. The normalized spacial score (nSPS) is 11.2. The molecule has 30 heavy (non-hydrogen) atoms. The summed E-state index contributed by atoms with van der Waals surface area (Å²) in [6, 6.07) is 6.53. The van der Waals surface area contributed by atoms with Crippen molar-refractivity contribution in [1.29, 1.82) is 0 Å². The second-order valence-electron chi connectivity index (χ2n) is 6.78. The maximum Gasteiger partial charge on any atom is 0.330 e. The van der Waals surface area contributed by atoms with Crippen LogP contribution in [0.3, 0.4) is 0 Å². The van der Waals surface area contributed by atoms with E-state index in [0.717, 1.165) is 40.6 Å². The summed E-state index contributed by atoms with van der Waals surface area (Å²) in [5, 5.41) is 11.9. The van der Waals surface area contributed by atoms with E-state index in [2.05, 4.69) is 16.6 Å². The number of esters is 1. The number of nitro groups is 1. The van der Waals surface area contributed by atoms with E-state index in [1.807, 2.05) is 23.8 Å². The maximum absolute atomic E-state index is 11.6. The summed E-state index contributed by atoms with van der Waals surface area (Å²) in [6.07, 6.45) is 8.52. The van der Waals surface area contributed by atoms with Crippen molar-refractivity contribution >= 4 is 28.6 Å². The number of aryl methyl sites for hydroxylation is 1. The zero-order valence-corrected chi connectivity index (χ0v) is 17.1. The smallest absolute Gasteiger partial charge is 0.330 e. The second-order valence-corrected chi connectivity index (χ2v) is 6.78. The summed E-state index contributed by atoms with van der Waals surface area (Å²) in [7, 11) is 1.32. The van der Waals surface area contributed by atoms with Crippen LogP contribution < -0.4 is 4.74 Å². The van der Waals surface area contributed by atoms with E-state index in [9.17, 15) is 14.9 Å². The largest absolute Gasteiger partial charge is 0.478 e. The highest BCUT2D eigenvalue weighted by atomic mass is 16.6. The van der Waals surface area contributed by atoms with Crippen LogP contribution in [0.1, 0.15) is 30.9 Å². The van der Waals surface area contributed by atoms with Gasteiger partial charge in [-0.05, 0) is 31.1 Å². The molecule has 0 N–H and O–H groups in total. The molecule has 1 aromatic carbocycles. The van der Waals surface area contributed by atoms with Crippen LogP contribution >= 0.6 is 0 Å². The van der Waals surface area contributed by atoms with Crippen molar-refractivity contribution in [2.24, 2.45) is 0 Å². The number of nitrogens with zero attached hydrogens (tertiary/aromatic N) is 3. The molecule has 0 aliphatic heterocycles. The van der Waals surface area contributed by atoms with E-state index < -0.39 is 10.9 Å². The molecule has 0 radical (unpaired) electrons. The third-order valence-electron chi connectivity index (χ3n) is 4.70. The number of hydrogen-bond donors (Lipinski definition) is 0. The van der Waals surface area contributed by atoms with E-state index in [1.54, 1.807) is 18.3 Å². The molecule has 0 saturated carbocycles. The first-order valence-corrected chi connectivity index (χ1v) is 9.60. The number of hydrogen-bond acceptors (Lipinski definition) is 6. The fourth-order valence-corrected chi connectivity index (χ4v) is 3.11. The molecule has 0 fully saturated rings. The Balaban J connectivity index is 2.11. The standard InChI is InChI=1S/C22H23N3O5/c1-4-5-10-30-21-12-18-16(6-9-22(26)29-3)14-24(20(18)13-23-21)19-8-7-17(25(27)28)11-15(19)2/h6-9,11-14H,4-5,10H2,1-3H3/b9-6+. The summed E-state index contributed by atoms with van der Waals surface area (Å²) in [5.74, 6) is 0.0396. The van der Waals surface area contributed by atoms with Gasteiger partial charge < -0.3 is 14.0 Å². The Morgan fingerprint density at radius 3 is 2.80 bits per heavy atom. The molecule has 8 nitrogen and oxygen atoms in total. The van der Waals surface area contributed by atoms with Crippen molar-refractivity contribution in [3.05, 3.63) is 64.0 Å². The van der Waals surface area contributed by atoms with Crippen LogP contribution in [-0.4, -0.2) is 34.2 Å². The highest BCUT2D eigenvalue weighted by Gasteiger charge is 2.15. The predicted molar refractivity (Wildman–Crippen MR) is 114 cm³/mol. The zero-order valence-electron chi connectivity index (χ0n) is 17.1. The van der Waals surface area contributed by atoms with E-state index in [-0.39, 0.29) is 5.69 Å². The number of pyridine rings is 1. The number of rotatable bonds is 8. The van der Waals surface area contributed by atoms with E-state index in [1.165, 1.54) is 25.3 Å². The fourth-order valence-electron chi connectivity index (χ4n) is 3.11. The molecule has 2 aromatic heterocycles. The van der Waals surface area contributed by atoms with Crippen molar-refractivity contribution in [1.82, 2.24) is 9.55 Å². The highest BCUT2D eigenvalue weighted by molar-refractivity contribution is 5.95. The van der Waals surface area contributed by atoms with Gasteiger partial charge in [0.05, 0.1) is 30.4 Å². The summed E-state index contributed by atoms with van der Waals surface area (Å²) in [6.45, 7) is 4.47. The minimum Gasteiger partial charge on any atom is -0.478 e. The van der Waals surface area contributed by atoms with Crippen LogP contribution in [0.25, 0.3) is 22.7 Å². The molecule has 0 atom stereocenters. The van der Waals surface area contributed by atoms with Crippen LogP contribution in [0.15, 0.2) is 42.7 Å². The van der Waals surface area contributed by atoms with E-state index in [4.69, 9.17) is 4.74 Å². The number of unbranched alkanes of at least 4 members (excludes halogenated alkanes) is 1. The molecule has 156 valence electrons. The Labute approximate surface area is 173 Å². The monoisotopic (exact) mass is 409 g/mol. The number of ether oxygens (including phenoxy) is 2. The lowest BCUT2D eigenvalue weighted by Crippen LogP contribution is -1.99. The topological polar surface area (TPSA) is 96.5 Å². The van der Waals surface area contributed by atoms with Gasteiger partial charge in [0.25, 0.3) is 5.69 Å². The Morgan fingerprint density at radius 1 is 1.33 bits per heavy atom. The lowest BCUT2D eigenvalue weighted by atomic mass is 10.1. The zero-order chi connectivity index (χ0) is 21.7. The summed E-state index contributed by atoms with van der Waals surface area (Å²) < 4.78 is 12.3. The molecule has 0 bridgehead atoms. The third-order valence-corrected chi connectivity index (χ3v) is 4.70. The molecule has 0 amide bonds. The molecule has 0 aliphatic rings. The van der Waals surface area contributed by atoms with Crippen molar-refractivity contribution < 1.29 is 19.2 Å². The van der Waals surface area contributed by atoms with Crippen LogP contribution in [0.5, 0.6) is 5.88 Å². The second kappa shape index (κ2) is 9.21. The number of fused-ring (bicyclic) bond motifs is 1.